The molecule has 3 aliphatic rings. The van der Waals surface area contributed by atoms with Gasteiger partial charge in [-0.2, -0.15) is 5.10 Å². The molecule has 0 aromatic carbocycles. The average Bonchev–Trinajstić information content (AvgIpc) is 3.16. The van der Waals surface area contributed by atoms with Gasteiger partial charge in [0.15, 0.2) is 5.76 Å². The molecule has 1 N–H and O–H groups in total. The highest BCUT2D eigenvalue weighted by molar-refractivity contribution is 6.06. The van der Waals surface area contributed by atoms with Gasteiger partial charge in [-0.15, -0.1) is 0 Å². The van der Waals surface area contributed by atoms with Crippen LogP contribution in [0.1, 0.15) is 69.0 Å². The van der Waals surface area contributed by atoms with Crippen LogP contribution in [0, 0.1) is 5.92 Å². The fraction of sp³-hybridized carbons (Fsp3) is 0.476. The molecule has 3 heterocycles. The number of carbonyl (C=O) groups is 1. The zero-order valence-corrected chi connectivity index (χ0v) is 16.2. The van der Waals surface area contributed by atoms with Gasteiger partial charge in [0.25, 0.3) is 0 Å². The molecule has 7 heteroatoms. The Balaban J connectivity index is 1.51. The third-order valence-corrected chi connectivity index (χ3v) is 5.52. The predicted molar refractivity (Wildman–Crippen MR) is 105 cm³/mol. The van der Waals surface area contributed by atoms with E-state index in [1.54, 1.807) is 0 Å². The lowest BCUT2D eigenvalue weighted by Crippen LogP contribution is -2.34. The lowest BCUT2D eigenvalue weighted by molar-refractivity contribution is -0.116. The molecule has 0 bridgehead atoms. The molecule has 2 aliphatic carbocycles. The molecule has 0 saturated heterocycles. The van der Waals surface area contributed by atoms with E-state index in [9.17, 15) is 4.79 Å². The molecule has 5 rings (SSSR count). The Hall–Kier alpha value is -2.83. The minimum atomic E-state index is -0.207. The fourth-order valence-corrected chi connectivity index (χ4v) is 3.75. The number of hydrogen-bond acceptors (Lipinski definition) is 6. The molecule has 7 nitrogen and oxygen atoms in total. The highest BCUT2D eigenvalue weighted by Crippen LogP contribution is 2.46. The fourth-order valence-electron chi connectivity index (χ4n) is 3.75. The Morgan fingerprint density at radius 2 is 2.18 bits per heavy atom. The monoisotopic (exact) mass is 380 g/mol. The molecule has 0 atom stereocenters. The minimum absolute atomic E-state index is 0.112. The van der Waals surface area contributed by atoms with Crippen LogP contribution in [-0.4, -0.2) is 28.2 Å². The zero-order valence-electron chi connectivity index (χ0n) is 16.2. The quantitative estimate of drug-likeness (QED) is 0.833. The Labute approximate surface area is 163 Å². The first kappa shape index (κ1) is 17.3. The van der Waals surface area contributed by atoms with Crippen molar-refractivity contribution >= 4 is 23.3 Å². The third kappa shape index (κ3) is 3.04. The van der Waals surface area contributed by atoms with Crippen LogP contribution in [0.25, 0.3) is 5.70 Å². The molecule has 1 aliphatic heterocycles. The zero-order chi connectivity index (χ0) is 19.3. The molecule has 0 unspecified atom stereocenters. The SMILES string of the molecule is CC(C)C1=NN(CC(=O)Nc2ncco2)C(=C2CCC2)c2cc(C3CC3)oc21. The van der Waals surface area contributed by atoms with Crippen molar-refractivity contribution in [3.8, 4) is 0 Å². The summed E-state index contributed by atoms with van der Waals surface area (Å²) in [6.07, 6.45) is 8.59. The van der Waals surface area contributed by atoms with Crippen molar-refractivity contribution in [2.75, 3.05) is 11.9 Å². The van der Waals surface area contributed by atoms with Gasteiger partial charge in [0, 0.05) is 17.4 Å². The van der Waals surface area contributed by atoms with Crippen LogP contribution in [0.15, 0.2) is 38.0 Å². The van der Waals surface area contributed by atoms with Crippen molar-refractivity contribution in [1.82, 2.24) is 9.99 Å². The second-order valence-corrected chi connectivity index (χ2v) is 8.05. The number of anilines is 1. The van der Waals surface area contributed by atoms with E-state index in [2.05, 4.69) is 30.2 Å². The highest BCUT2D eigenvalue weighted by atomic mass is 16.4. The number of amides is 1. The van der Waals surface area contributed by atoms with Crippen LogP contribution in [0.2, 0.25) is 0 Å². The molecule has 2 fully saturated rings. The number of hydrogen-bond donors (Lipinski definition) is 1. The summed E-state index contributed by atoms with van der Waals surface area (Å²) in [5.41, 5.74) is 4.39. The van der Waals surface area contributed by atoms with Crippen LogP contribution in [0.3, 0.4) is 0 Å². The Morgan fingerprint density at radius 1 is 1.36 bits per heavy atom. The minimum Gasteiger partial charge on any atom is -0.459 e. The van der Waals surface area contributed by atoms with Gasteiger partial charge in [0.2, 0.25) is 5.91 Å². The summed E-state index contributed by atoms with van der Waals surface area (Å²) < 4.78 is 11.4. The molecular formula is C21H24N4O3. The number of oxazole rings is 1. The molecule has 0 radical (unpaired) electrons. The van der Waals surface area contributed by atoms with E-state index >= 15 is 0 Å². The number of aromatic nitrogens is 1. The summed E-state index contributed by atoms with van der Waals surface area (Å²) in [7, 11) is 0. The molecule has 2 aromatic rings. The number of furan rings is 1. The predicted octanol–water partition coefficient (Wildman–Crippen LogP) is 4.35. The van der Waals surface area contributed by atoms with E-state index in [0.717, 1.165) is 41.3 Å². The van der Waals surface area contributed by atoms with Gasteiger partial charge in [-0.05, 0) is 43.7 Å². The largest absolute Gasteiger partial charge is 0.459 e. The van der Waals surface area contributed by atoms with Crippen molar-refractivity contribution in [2.24, 2.45) is 11.0 Å². The first-order chi connectivity index (χ1) is 13.6. The second kappa shape index (κ2) is 6.65. The summed E-state index contributed by atoms with van der Waals surface area (Å²) in [4.78, 5) is 16.6. The number of allylic oxidation sites excluding steroid dienone is 1. The molecule has 28 heavy (non-hydrogen) atoms. The average molecular weight is 380 g/mol. The third-order valence-electron chi connectivity index (χ3n) is 5.52. The van der Waals surface area contributed by atoms with Crippen LogP contribution < -0.4 is 5.32 Å². The summed E-state index contributed by atoms with van der Waals surface area (Å²) in [5.74, 6) is 2.47. The van der Waals surface area contributed by atoms with E-state index in [1.807, 2.05) is 5.01 Å². The second-order valence-electron chi connectivity index (χ2n) is 8.05. The Bertz CT molecular complexity index is 958. The van der Waals surface area contributed by atoms with Gasteiger partial charge >= 0.3 is 6.01 Å². The van der Waals surface area contributed by atoms with Crippen LogP contribution in [-0.2, 0) is 4.79 Å². The normalized spacial score (nSPS) is 18.8. The number of rotatable bonds is 5. The molecular weight excluding hydrogens is 356 g/mol. The van der Waals surface area contributed by atoms with E-state index in [1.165, 1.54) is 37.3 Å². The molecule has 2 saturated carbocycles. The standard InChI is InChI=1S/C21H24N4O3/c1-12(2)18-20-15(10-16(28-20)13-6-7-13)19(14-4-3-5-14)25(24-18)11-17(26)23-21-22-8-9-27-21/h8-10,12-13H,3-7,11H2,1-2H3,(H,22,23,26). The highest BCUT2D eigenvalue weighted by Gasteiger charge is 2.36. The van der Waals surface area contributed by atoms with E-state index in [-0.39, 0.29) is 24.4 Å². The number of nitrogens with one attached hydrogen (secondary N) is 1. The van der Waals surface area contributed by atoms with Gasteiger partial charge in [0.1, 0.15) is 24.3 Å². The van der Waals surface area contributed by atoms with Crippen LogP contribution in [0.4, 0.5) is 6.01 Å². The molecule has 2 aromatic heterocycles. The first-order valence-corrected chi connectivity index (χ1v) is 10.0. The van der Waals surface area contributed by atoms with Gasteiger partial charge < -0.3 is 8.83 Å². The van der Waals surface area contributed by atoms with Crippen LogP contribution in [0.5, 0.6) is 0 Å². The summed E-state index contributed by atoms with van der Waals surface area (Å²) >= 11 is 0. The van der Waals surface area contributed by atoms with Crippen molar-refractivity contribution in [3.05, 3.63) is 41.2 Å². The maximum atomic E-state index is 12.6. The Kier molecular flexibility index (Phi) is 4.10. The smallest absolute Gasteiger partial charge is 0.301 e. The van der Waals surface area contributed by atoms with Crippen molar-refractivity contribution in [1.29, 1.82) is 0 Å². The van der Waals surface area contributed by atoms with Gasteiger partial charge in [0.05, 0.1) is 11.9 Å². The lowest BCUT2D eigenvalue weighted by Gasteiger charge is -2.32. The summed E-state index contributed by atoms with van der Waals surface area (Å²) in [6.45, 7) is 4.32. The van der Waals surface area contributed by atoms with E-state index in [0.29, 0.717) is 5.92 Å². The van der Waals surface area contributed by atoms with E-state index < -0.39 is 0 Å². The van der Waals surface area contributed by atoms with Crippen molar-refractivity contribution in [2.45, 2.75) is 51.9 Å². The molecule has 146 valence electrons. The first-order valence-electron chi connectivity index (χ1n) is 10.0. The maximum absolute atomic E-state index is 12.6. The number of nitrogens with zero attached hydrogens (tertiary/aromatic N) is 3. The molecule has 0 spiro atoms. The number of hydrazone groups is 1. The molecule has 1 amide bonds. The van der Waals surface area contributed by atoms with Crippen molar-refractivity contribution in [3.63, 3.8) is 0 Å². The van der Waals surface area contributed by atoms with Gasteiger partial charge in [-0.3, -0.25) is 15.1 Å². The summed E-state index contributed by atoms with van der Waals surface area (Å²) in [6, 6.07) is 2.39. The Morgan fingerprint density at radius 3 is 2.79 bits per heavy atom. The number of carbonyl (C=O) groups excluding carboxylic acids is 1. The summed E-state index contributed by atoms with van der Waals surface area (Å²) in [5, 5.41) is 9.39. The van der Waals surface area contributed by atoms with Gasteiger partial charge in [-0.25, -0.2) is 4.98 Å². The topological polar surface area (TPSA) is 83.9 Å². The van der Waals surface area contributed by atoms with E-state index in [4.69, 9.17) is 13.9 Å². The number of fused-ring (bicyclic) bond motifs is 1. The van der Waals surface area contributed by atoms with Gasteiger partial charge in [-0.1, -0.05) is 13.8 Å². The maximum Gasteiger partial charge on any atom is 0.301 e. The van der Waals surface area contributed by atoms with Crippen LogP contribution >= 0.6 is 0 Å². The van der Waals surface area contributed by atoms with Crippen molar-refractivity contribution < 1.29 is 13.6 Å². The lowest BCUT2D eigenvalue weighted by atomic mass is 9.86.